The molecule has 31 heavy (non-hydrogen) atoms. The van der Waals surface area contributed by atoms with E-state index in [0.717, 1.165) is 21.7 Å². The Balaban J connectivity index is 2.41. The van der Waals surface area contributed by atoms with Gasteiger partial charge in [0.1, 0.15) is 12.6 Å². The van der Waals surface area contributed by atoms with E-state index in [1.165, 1.54) is 11.9 Å². The number of halogens is 1. The molecule has 2 rings (SSSR count). The van der Waals surface area contributed by atoms with Gasteiger partial charge in [0, 0.05) is 18.1 Å². The van der Waals surface area contributed by atoms with E-state index in [0.29, 0.717) is 16.6 Å². The smallest absolute Gasteiger partial charge is 0.244 e. The molecule has 0 unspecified atom stereocenters. The number of carbonyl (C=O) groups is 2. The Labute approximate surface area is 192 Å². The largest absolute Gasteiger partial charge is 0.357 e. The fourth-order valence-corrected chi connectivity index (χ4v) is 4.45. The van der Waals surface area contributed by atoms with E-state index < -0.39 is 28.5 Å². The van der Waals surface area contributed by atoms with Crippen LogP contribution in [0.2, 0.25) is 0 Å². The molecule has 0 fully saturated rings. The zero-order chi connectivity index (χ0) is 23.2. The highest BCUT2D eigenvalue weighted by molar-refractivity contribution is 9.10. The highest BCUT2D eigenvalue weighted by Gasteiger charge is 2.31. The zero-order valence-electron chi connectivity index (χ0n) is 18.1. The average Bonchev–Trinajstić information content (AvgIpc) is 2.72. The molecule has 0 bridgehead atoms. The minimum absolute atomic E-state index is 0.196. The van der Waals surface area contributed by atoms with E-state index in [2.05, 4.69) is 21.2 Å². The van der Waals surface area contributed by atoms with Crippen LogP contribution in [-0.4, -0.2) is 51.0 Å². The predicted octanol–water partition coefficient (Wildman–Crippen LogP) is 3.08. The summed E-state index contributed by atoms with van der Waals surface area (Å²) in [4.78, 5) is 27.3. The third kappa shape index (κ3) is 6.80. The van der Waals surface area contributed by atoms with Crippen molar-refractivity contribution in [2.75, 3.05) is 24.2 Å². The summed E-state index contributed by atoms with van der Waals surface area (Å²) in [6, 6.07) is 13.7. The van der Waals surface area contributed by atoms with Crippen LogP contribution in [0.4, 0.5) is 5.69 Å². The number of amides is 2. The molecule has 168 valence electrons. The molecular formula is C22H28BrN3O4S. The summed E-state index contributed by atoms with van der Waals surface area (Å²) in [5, 5.41) is 2.60. The lowest BCUT2D eigenvalue weighted by atomic mass is 10.1. The van der Waals surface area contributed by atoms with Crippen molar-refractivity contribution < 1.29 is 18.0 Å². The van der Waals surface area contributed by atoms with Crippen molar-refractivity contribution in [3.63, 3.8) is 0 Å². The molecule has 0 radical (unpaired) electrons. The minimum atomic E-state index is -3.74. The molecular weight excluding hydrogens is 482 g/mol. The van der Waals surface area contributed by atoms with Crippen LogP contribution in [0.15, 0.2) is 53.0 Å². The second-order valence-electron chi connectivity index (χ2n) is 7.30. The van der Waals surface area contributed by atoms with Gasteiger partial charge in [0.05, 0.1) is 11.9 Å². The van der Waals surface area contributed by atoms with Crippen LogP contribution >= 0.6 is 15.9 Å². The molecule has 0 saturated carbocycles. The Morgan fingerprint density at radius 3 is 2.29 bits per heavy atom. The first-order valence-corrected chi connectivity index (χ1v) is 12.5. The third-order valence-corrected chi connectivity index (χ3v) is 6.52. The second-order valence-corrected chi connectivity index (χ2v) is 10.1. The lowest BCUT2D eigenvalue weighted by molar-refractivity contribution is -0.140. The minimum Gasteiger partial charge on any atom is -0.357 e. The summed E-state index contributed by atoms with van der Waals surface area (Å²) in [7, 11) is -2.22. The molecule has 1 N–H and O–H groups in total. The molecule has 0 aliphatic heterocycles. The first-order valence-electron chi connectivity index (χ1n) is 9.86. The van der Waals surface area contributed by atoms with Gasteiger partial charge in [-0.2, -0.15) is 0 Å². The molecule has 9 heteroatoms. The van der Waals surface area contributed by atoms with Crippen LogP contribution in [0.1, 0.15) is 24.5 Å². The number of rotatable bonds is 9. The van der Waals surface area contributed by atoms with Crippen LogP contribution in [-0.2, 0) is 26.2 Å². The summed E-state index contributed by atoms with van der Waals surface area (Å²) in [6.07, 6.45) is 1.45. The average molecular weight is 510 g/mol. The summed E-state index contributed by atoms with van der Waals surface area (Å²) < 4.78 is 26.7. The highest BCUT2D eigenvalue weighted by atomic mass is 79.9. The summed E-state index contributed by atoms with van der Waals surface area (Å²) in [6.45, 7) is 3.57. The van der Waals surface area contributed by atoms with Crippen LogP contribution < -0.4 is 9.62 Å². The number of hydrogen-bond donors (Lipinski definition) is 1. The van der Waals surface area contributed by atoms with Crippen molar-refractivity contribution in [1.82, 2.24) is 10.2 Å². The Morgan fingerprint density at radius 2 is 1.77 bits per heavy atom. The summed E-state index contributed by atoms with van der Waals surface area (Å²) in [5.41, 5.74) is 2.31. The van der Waals surface area contributed by atoms with Crippen molar-refractivity contribution >= 4 is 43.5 Å². The molecule has 0 saturated heterocycles. The topological polar surface area (TPSA) is 86.8 Å². The Bertz CT molecular complexity index is 1030. The van der Waals surface area contributed by atoms with Gasteiger partial charge in [-0.05, 0) is 37.1 Å². The number of nitrogens with zero attached hydrogens (tertiary/aromatic N) is 2. The lowest BCUT2D eigenvalue weighted by Crippen LogP contribution is -2.51. The van der Waals surface area contributed by atoms with Crippen LogP contribution in [0.3, 0.4) is 0 Å². The monoisotopic (exact) mass is 509 g/mol. The second kappa shape index (κ2) is 10.8. The number of anilines is 1. The lowest BCUT2D eigenvalue weighted by Gasteiger charge is -2.32. The molecule has 7 nitrogen and oxygen atoms in total. The molecule has 0 aliphatic rings. The van der Waals surface area contributed by atoms with E-state index in [1.807, 2.05) is 38.1 Å². The van der Waals surface area contributed by atoms with Crippen molar-refractivity contribution in [2.24, 2.45) is 0 Å². The molecule has 2 aromatic carbocycles. The zero-order valence-corrected chi connectivity index (χ0v) is 20.5. The normalized spacial score (nSPS) is 12.2. The fraction of sp³-hybridized carbons (Fsp3) is 0.364. The quantitative estimate of drug-likeness (QED) is 0.562. The van der Waals surface area contributed by atoms with E-state index >= 15 is 0 Å². The number of hydrogen-bond acceptors (Lipinski definition) is 4. The van der Waals surface area contributed by atoms with E-state index in [1.54, 1.807) is 24.3 Å². The van der Waals surface area contributed by atoms with Gasteiger partial charge in [-0.25, -0.2) is 8.42 Å². The Morgan fingerprint density at radius 1 is 1.13 bits per heavy atom. The fourth-order valence-electron chi connectivity index (χ4n) is 3.22. The maximum atomic E-state index is 13.4. The summed E-state index contributed by atoms with van der Waals surface area (Å²) >= 11 is 3.34. The first-order chi connectivity index (χ1) is 14.6. The van der Waals surface area contributed by atoms with Gasteiger partial charge in [0.2, 0.25) is 21.8 Å². The molecule has 1 atom stereocenters. The van der Waals surface area contributed by atoms with Gasteiger partial charge in [-0.15, -0.1) is 0 Å². The van der Waals surface area contributed by atoms with Gasteiger partial charge in [-0.1, -0.05) is 58.7 Å². The van der Waals surface area contributed by atoms with E-state index in [4.69, 9.17) is 0 Å². The van der Waals surface area contributed by atoms with Gasteiger partial charge >= 0.3 is 0 Å². The SMILES string of the molecule is CC[C@@H](C(=O)NC)N(Cc1ccc(C)cc1)C(=O)CN(c1cccc(Br)c1)S(C)(=O)=O. The van der Waals surface area contributed by atoms with Crippen LogP contribution in [0.5, 0.6) is 0 Å². The Hall–Kier alpha value is -2.39. The van der Waals surface area contributed by atoms with Gasteiger partial charge in [0.25, 0.3) is 0 Å². The van der Waals surface area contributed by atoms with Crippen LogP contribution in [0.25, 0.3) is 0 Å². The number of nitrogens with one attached hydrogen (secondary N) is 1. The molecule has 0 aromatic heterocycles. The number of aryl methyl sites for hydroxylation is 1. The van der Waals surface area contributed by atoms with Crippen molar-refractivity contribution in [2.45, 2.75) is 32.9 Å². The molecule has 0 heterocycles. The molecule has 2 aromatic rings. The third-order valence-electron chi connectivity index (χ3n) is 4.88. The number of carbonyl (C=O) groups excluding carboxylic acids is 2. The summed E-state index contributed by atoms with van der Waals surface area (Å²) in [5.74, 6) is -0.752. The van der Waals surface area contributed by atoms with E-state index in [9.17, 15) is 18.0 Å². The van der Waals surface area contributed by atoms with Gasteiger partial charge in [-0.3, -0.25) is 13.9 Å². The predicted molar refractivity (Wildman–Crippen MR) is 126 cm³/mol. The number of sulfonamides is 1. The van der Waals surface area contributed by atoms with Gasteiger partial charge < -0.3 is 10.2 Å². The number of likely N-dealkylation sites (N-methyl/N-ethyl adjacent to an activating group) is 1. The molecule has 0 spiro atoms. The van der Waals surface area contributed by atoms with Crippen molar-refractivity contribution in [3.8, 4) is 0 Å². The standard InChI is InChI=1S/C22H28BrN3O4S/c1-5-20(22(28)24-3)25(14-17-11-9-16(2)10-12-17)21(27)15-26(31(4,29)30)19-8-6-7-18(23)13-19/h6-13,20H,5,14-15H2,1-4H3,(H,24,28)/t20-/m0/s1. The first kappa shape index (κ1) is 24.9. The number of benzene rings is 2. The molecule has 0 aliphatic carbocycles. The van der Waals surface area contributed by atoms with Crippen molar-refractivity contribution in [3.05, 3.63) is 64.1 Å². The maximum absolute atomic E-state index is 13.4. The Kier molecular flexibility index (Phi) is 8.64. The van der Waals surface area contributed by atoms with Crippen molar-refractivity contribution in [1.29, 1.82) is 0 Å². The molecule has 2 amide bonds. The van der Waals surface area contributed by atoms with Gasteiger partial charge in [0.15, 0.2) is 0 Å². The maximum Gasteiger partial charge on any atom is 0.244 e. The van der Waals surface area contributed by atoms with E-state index in [-0.39, 0.29) is 12.5 Å². The van der Waals surface area contributed by atoms with Crippen LogP contribution in [0, 0.1) is 6.92 Å². The highest BCUT2D eigenvalue weighted by Crippen LogP contribution is 2.23.